The highest BCUT2D eigenvalue weighted by molar-refractivity contribution is 7.15. The average Bonchev–Trinajstić information content (AvgIpc) is 2.97. The maximum absolute atomic E-state index is 11.9. The Labute approximate surface area is 141 Å². The summed E-state index contributed by atoms with van der Waals surface area (Å²) in [4.78, 5) is 11.9. The van der Waals surface area contributed by atoms with Gasteiger partial charge in [0.15, 0.2) is 0 Å². The summed E-state index contributed by atoms with van der Waals surface area (Å²) in [5.74, 6) is 0.797. The van der Waals surface area contributed by atoms with Crippen LogP contribution in [0.3, 0.4) is 0 Å². The number of aryl methyl sites for hydroxylation is 2. The molecule has 0 unspecified atom stereocenters. The molecule has 124 valence electrons. The molecule has 0 aliphatic heterocycles. The van der Waals surface area contributed by atoms with Crippen LogP contribution in [-0.2, 0) is 11.2 Å². The summed E-state index contributed by atoms with van der Waals surface area (Å²) >= 11 is 1.45. The van der Waals surface area contributed by atoms with E-state index in [0.717, 1.165) is 35.6 Å². The fourth-order valence-electron chi connectivity index (χ4n) is 2.04. The molecular formula is C17H23N3O2S. The lowest BCUT2D eigenvalue weighted by atomic mass is 10.2. The molecule has 5 nitrogen and oxygen atoms in total. The summed E-state index contributed by atoms with van der Waals surface area (Å²) in [5.41, 5.74) is 1.16. The topological polar surface area (TPSA) is 64.1 Å². The van der Waals surface area contributed by atoms with Gasteiger partial charge in [-0.05, 0) is 37.5 Å². The van der Waals surface area contributed by atoms with E-state index in [0.29, 0.717) is 24.6 Å². The van der Waals surface area contributed by atoms with E-state index in [1.807, 2.05) is 31.2 Å². The van der Waals surface area contributed by atoms with E-state index in [9.17, 15) is 4.79 Å². The summed E-state index contributed by atoms with van der Waals surface area (Å²) in [5, 5.41) is 12.4. The van der Waals surface area contributed by atoms with Crippen LogP contribution in [0.2, 0.25) is 0 Å². The molecule has 1 aromatic heterocycles. The minimum atomic E-state index is -0.0453. The van der Waals surface area contributed by atoms with Gasteiger partial charge in [-0.3, -0.25) is 4.79 Å². The van der Waals surface area contributed by atoms with E-state index in [4.69, 9.17) is 4.74 Å². The Morgan fingerprint density at radius 1 is 1.30 bits per heavy atom. The van der Waals surface area contributed by atoms with Gasteiger partial charge in [-0.15, -0.1) is 10.2 Å². The molecule has 2 rings (SSSR count). The van der Waals surface area contributed by atoms with Crippen molar-refractivity contribution in [3.8, 4) is 5.75 Å². The third-order valence-electron chi connectivity index (χ3n) is 3.26. The van der Waals surface area contributed by atoms with Gasteiger partial charge in [0, 0.05) is 12.8 Å². The monoisotopic (exact) mass is 333 g/mol. The van der Waals surface area contributed by atoms with Gasteiger partial charge in [-0.25, -0.2) is 0 Å². The molecule has 0 fully saturated rings. The summed E-state index contributed by atoms with van der Waals surface area (Å²) in [6, 6.07) is 7.89. The summed E-state index contributed by atoms with van der Waals surface area (Å²) in [6.07, 6.45) is 4.23. The summed E-state index contributed by atoms with van der Waals surface area (Å²) in [7, 11) is 0. The van der Waals surface area contributed by atoms with Crippen molar-refractivity contribution >= 4 is 22.4 Å². The number of nitrogens with one attached hydrogen (secondary N) is 1. The molecule has 23 heavy (non-hydrogen) atoms. The molecule has 0 aliphatic carbocycles. The standard InChI is InChI=1S/C17H23N3O2S/c1-3-4-10-16-19-20-17(23-16)18-15(21)9-6-11-22-14-8-5-7-13(2)12-14/h5,7-8,12H,3-4,6,9-11H2,1-2H3,(H,18,20,21). The van der Waals surface area contributed by atoms with E-state index in [1.165, 1.54) is 11.3 Å². The maximum Gasteiger partial charge on any atom is 0.226 e. The van der Waals surface area contributed by atoms with Gasteiger partial charge in [0.05, 0.1) is 6.61 Å². The number of anilines is 1. The van der Waals surface area contributed by atoms with E-state index in [2.05, 4.69) is 22.4 Å². The predicted molar refractivity (Wildman–Crippen MR) is 93.1 cm³/mol. The second-order valence-corrected chi connectivity index (χ2v) is 6.48. The Bertz CT molecular complexity index is 628. The minimum Gasteiger partial charge on any atom is -0.494 e. The number of carbonyl (C=O) groups is 1. The number of benzene rings is 1. The van der Waals surface area contributed by atoms with Crippen LogP contribution >= 0.6 is 11.3 Å². The molecule has 0 saturated heterocycles. The van der Waals surface area contributed by atoms with Gasteiger partial charge in [0.1, 0.15) is 10.8 Å². The second kappa shape index (κ2) is 9.25. The number of hydrogen-bond acceptors (Lipinski definition) is 5. The van der Waals surface area contributed by atoms with Gasteiger partial charge in [0.2, 0.25) is 11.0 Å². The van der Waals surface area contributed by atoms with E-state index in [1.54, 1.807) is 0 Å². The molecule has 0 aliphatic rings. The number of unbranched alkanes of at least 4 members (excludes halogenated alkanes) is 1. The first-order valence-corrected chi connectivity index (χ1v) is 8.80. The van der Waals surface area contributed by atoms with Crippen molar-refractivity contribution in [2.24, 2.45) is 0 Å². The third-order valence-corrected chi connectivity index (χ3v) is 4.16. The van der Waals surface area contributed by atoms with Crippen molar-refractivity contribution in [2.75, 3.05) is 11.9 Å². The zero-order chi connectivity index (χ0) is 16.5. The molecule has 0 spiro atoms. The fourth-order valence-corrected chi connectivity index (χ4v) is 2.84. The molecule has 6 heteroatoms. The van der Waals surface area contributed by atoms with Crippen LogP contribution in [0.5, 0.6) is 5.75 Å². The average molecular weight is 333 g/mol. The summed E-state index contributed by atoms with van der Waals surface area (Å²) in [6.45, 7) is 4.69. The van der Waals surface area contributed by atoms with Crippen LogP contribution in [-0.4, -0.2) is 22.7 Å². The molecule has 0 bridgehead atoms. The van der Waals surface area contributed by atoms with Crippen molar-refractivity contribution in [1.29, 1.82) is 0 Å². The number of hydrogen-bond donors (Lipinski definition) is 1. The van der Waals surface area contributed by atoms with Crippen LogP contribution in [0.1, 0.15) is 43.2 Å². The van der Waals surface area contributed by atoms with Crippen LogP contribution in [0.15, 0.2) is 24.3 Å². The number of nitrogens with zero attached hydrogens (tertiary/aromatic N) is 2. The SMILES string of the molecule is CCCCc1nnc(NC(=O)CCCOc2cccc(C)c2)s1. The Kier molecular flexibility index (Phi) is 7.00. The molecule has 0 radical (unpaired) electrons. The predicted octanol–water partition coefficient (Wildman–Crippen LogP) is 3.99. The van der Waals surface area contributed by atoms with Crippen LogP contribution in [0.4, 0.5) is 5.13 Å². The van der Waals surface area contributed by atoms with Gasteiger partial charge in [-0.1, -0.05) is 36.8 Å². The highest BCUT2D eigenvalue weighted by atomic mass is 32.1. The van der Waals surface area contributed by atoms with Crippen molar-refractivity contribution in [3.05, 3.63) is 34.8 Å². The van der Waals surface area contributed by atoms with Crippen molar-refractivity contribution in [2.45, 2.75) is 46.0 Å². The largest absolute Gasteiger partial charge is 0.494 e. The quantitative estimate of drug-likeness (QED) is 0.705. The molecule has 1 amide bonds. The molecule has 0 atom stereocenters. The molecular weight excluding hydrogens is 310 g/mol. The molecule has 1 N–H and O–H groups in total. The molecule has 0 saturated carbocycles. The number of aromatic nitrogens is 2. The van der Waals surface area contributed by atoms with Crippen molar-refractivity contribution in [3.63, 3.8) is 0 Å². The minimum absolute atomic E-state index is 0.0453. The fraction of sp³-hybridized carbons (Fsp3) is 0.471. The summed E-state index contributed by atoms with van der Waals surface area (Å²) < 4.78 is 5.63. The zero-order valence-corrected chi connectivity index (χ0v) is 14.5. The van der Waals surface area contributed by atoms with Crippen molar-refractivity contribution in [1.82, 2.24) is 10.2 Å². The highest BCUT2D eigenvalue weighted by Gasteiger charge is 2.08. The Morgan fingerprint density at radius 3 is 2.96 bits per heavy atom. The van der Waals surface area contributed by atoms with Gasteiger partial charge in [-0.2, -0.15) is 0 Å². The Morgan fingerprint density at radius 2 is 2.17 bits per heavy atom. The number of rotatable bonds is 9. The lowest BCUT2D eigenvalue weighted by Crippen LogP contribution is -2.12. The number of ether oxygens (including phenoxy) is 1. The van der Waals surface area contributed by atoms with E-state index < -0.39 is 0 Å². The molecule has 2 aromatic rings. The van der Waals surface area contributed by atoms with Gasteiger partial charge < -0.3 is 10.1 Å². The normalized spacial score (nSPS) is 10.5. The first-order valence-electron chi connectivity index (χ1n) is 7.99. The Balaban J connectivity index is 1.66. The second-order valence-electron chi connectivity index (χ2n) is 5.42. The maximum atomic E-state index is 11.9. The first kappa shape index (κ1) is 17.4. The smallest absolute Gasteiger partial charge is 0.226 e. The highest BCUT2D eigenvalue weighted by Crippen LogP contribution is 2.17. The van der Waals surface area contributed by atoms with Crippen LogP contribution < -0.4 is 10.1 Å². The zero-order valence-electron chi connectivity index (χ0n) is 13.7. The van der Waals surface area contributed by atoms with Crippen molar-refractivity contribution < 1.29 is 9.53 Å². The van der Waals surface area contributed by atoms with Gasteiger partial charge in [0.25, 0.3) is 0 Å². The van der Waals surface area contributed by atoms with E-state index in [-0.39, 0.29) is 5.91 Å². The lowest BCUT2D eigenvalue weighted by molar-refractivity contribution is -0.116. The van der Waals surface area contributed by atoms with Crippen LogP contribution in [0.25, 0.3) is 0 Å². The molecule has 1 aromatic carbocycles. The van der Waals surface area contributed by atoms with Crippen LogP contribution in [0, 0.1) is 6.92 Å². The lowest BCUT2D eigenvalue weighted by Gasteiger charge is -2.06. The third kappa shape index (κ3) is 6.36. The Hall–Kier alpha value is -1.95. The number of amides is 1. The molecule has 1 heterocycles. The first-order chi connectivity index (χ1) is 11.2. The van der Waals surface area contributed by atoms with E-state index >= 15 is 0 Å². The number of carbonyl (C=O) groups excluding carboxylic acids is 1. The van der Waals surface area contributed by atoms with Gasteiger partial charge >= 0.3 is 0 Å².